The summed E-state index contributed by atoms with van der Waals surface area (Å²) in [5, 5.41) is 10.8. The highest BCUT2D eigenvalue weighted by atomic mass is 16.2. The van der Waals surface area contributed by atoms with Crippen LogP contribution in [0.4, 0.5) is 0 Å². The number of nitrogens with one attached hydrogen (secondary N) is 2. The molecule has 2 heterocycles. The number of H-pyrrole nitrogens is 1. The normalized spacial score (nSPS) is 25.0. The number of hydrogen-bond donors (Lipinski definition) is 2. The van der Waals surface area contributed by atoms with Crippen molar-refractivity contribution < 1.29 is 4.79 Å². The van der Waals surface area contributed by atoms with E-state index in [1.54, 1.807) is 0 Å². The minimum absolute atomic E-state index is 0.00966. The van der Waals surface area contributed by atoms with Gasteiger partial charge in [-0.2, -0.15) is 5.10 Å². The minimum Gasteiger partial charge on any atom is -0.344 e. The van der Waals surface area contributed by atoms with E-state index in [4.69, 9.17) is 0 Å². The van der Waals surface area contributed by atoms with Crippen LogP contribution in [0.2, 0.25) is 0 Å². The second-order valence-corrected chi connectivity index (χ2v) is 8.74. The fourth-order valence-corrected chi connectivity index (χ4v) is 4.56. The molecule has 0 aromatic carbocycles. The molecule has 138 valence electrons. The summed E-state index contributed by atoms with van der Waals surface area (Å²) in [7, 11) is 0. The van der Waals surface area contributed by atoms with Gasteiger partial charge in [0.25, 0.3) is 5.91 Å². The first-order valence-corrected chi connectivity index (χ1v) is 10.2. The molecule has 2 saturated carbocycles. The Hall–Kier alpha value is -1.36. The Kier molecular flexibility index (Phi) is 4.85. The van der Waals surface area contributed by atoms with Crippen LogP contribution < -0.4 is 5.32 Å². The smallest absolute Gasteiger partial charge is 0.272 e. The first-order valence-electron chi connectivity index (χ1n) is 10.2. The van der Waals surface area contributed by atoms with Crippen LogP contribution in [0.1, 0.15) is 86.8 Å². The van der Waals surface area contributed by atoms with Gasteiger partial charge in [0.1, 0.15) is 5.69 Å². The van der Waals surface area contributed by atoms with Crippen molar-refractivity contribution in [3.8, 4) is 0 Å². The van der Waals surface area contributed by atoms with Crippen molar-refractivity contribution in [2.45, 2.75) is 76.2 Å². The molecule has 4 rings (SSSR count). The van der Waals surface area contributed by atoms with E-state index in [1.807, 2.05) is 6.07 Å². The summed E-state index contributed by atoms with van der Waals surface area (Å²) >= 11 is 0. The van der Waals surface area contributed by atoms with Crippen molar-refractivity contribution in [3.05, 3.63) is 17.5 Å². The van der Waals surface area contributed by atoms with E-state index in [-0.39, 0.29) is 11.4 Å². The maximum atomic E-state index is 12.9. The molecule has 2 aliphatic carbocycles. The maximum absolute atomic E-state index is 12.9. The Labute approximate surface area is 150 Å². The number of amides is 1. The number of hydrogen-bond acceptors (Lipinski definition) is 3. The van der Waals surface area contributed by atoms with Gasteiger partial charge in [-0.05, 0) is 63.6 Å². The third-order valence-corrected chi connectivity index (χ3v) is 6.44. The van der Waals surface area contributed by atoms with Crippen LogP contribution in [0, 0.1) is 5.92 Å². The average molecular weight is 345 g/mol. The molecule has 3 fully saturated rings. The zero-order valence-corrected chi connectivity index (χ0v) is 15.5. The number of likely N-dealkylation sites (tertiary alicyclic amines) is 1. The van der Waals surface area contributed by atoms with Crippen LogP contribution in [-0.2, 0) is 0 Å². The van der Waals surface area contributed by atoms with E-state index in [2.05, 4.69) is 27.3 Å². The highest BCUT2D eigenvalue weighted by Gasteiger charge is 2.37. The topological polar surface area (TPSA) is 61.0 Å². The Morgan fingerprint density at radius 3 is 2.64 bits per heavy atom. The molecule has 3 aliphatic rings. The number of aromatic amines is 1. The summed E-state index contributed by atoms with van der Waals surface area (Å²) < 4.78 is 0. The third kappa shape index (κ3) is 4.08. The molecule has 0 spiro atoms. The summed E-state index contributed by atoms with van der Waals surface area (Å²) in [4.78, 5) is 15.4. The molecule has 0 radical (unpaired) electrons. The van der Waals surface area contributed by atoms with Gasteiger partial charge in [0, 0.05) is 18.2 Å². The van der Waals surface area contributed by atoms with Gasteiger partial charge in [-0.25, -0.2) is 0 Å². The van der Waals surface area contributed by atoms with Gasteiger partial charge in [0.2, 0.25) is 0 Å². The van der Waals surface area contributed by atoms with Crippen LogP contribution in [0.15, 0.2) is 6.07 Å². The highest BCUT2D eigenvalue weighted by molar-refractivity contribution is 5.93. The van der Waals surface area contributed by atoms with E-state index in [0.717, 1.165) is 31.0 Å². The number of carbonyl (C=O) groups excluding carboxylic acids is 1. The summed E-state index contributed by atoms with van der Waals surface area (Å²) in [6.45, 7) is 5.70. The van der Waals surface area contributed by atoms with Crippen molar-refractivity contribution in [1.29, 1.82) is 0 Å². The summed E-state index contributed by atoms with van der Waals surface area (Å²) in [5.74, 6) is 1.46. The minimum atomic E-state index is -0.0609. The number of nitrogens with zero attached hydrogens (tertiary/aromatic N) is 2. The third-order valence-electron chi connectivity index (χ3n) is 6.44. The fraction of sp³-hybridized carbons (Fsp3) is 0.800. The Balaban J connectivity index is 1.43. The quantitative estimate of drug-likeness (QED) is 0.860. The molecule has 0 atom stereocenters. The molecule has 5 heteroatoms. The SMILES string of the molecule is CC1CCN(CC2(NC(=O)c3cc(C4CC4)[nH]n3)CCCCC2)CC1. The highest BCUT2D eigenvalue weighted by Crippen LogP contribution is 2.39. The molecular formula is C20H32N4O. The van der Waals surface area contributed by atoms with Crippen LogP contribution in [0.5, 0.6) is 0 Å². The van der Waals surface area contributed by atoms with Crippen LogP contribution >= 0.6 is 0 Å². The number of piperidine rings is 1. The first kappa shape index (κ1) is 17.1. The number of rotatable bonds is 5. The van der Waals surface area contributed by atoms with Gasteiger partial charge >= 0.3 is 0 Å². The van der Waals surface area contributed by atoms with Crippen LogP contribution in [0.3, 0.4) is 0 Å². The second-order valence-electron chi connectivity index (χ2n) is 8.74. The molecule has 1 aromatic heterocycles. The molecule has 1 aromatic rings. The largest absolute Gasteiger partial charge is 0.344 e. The van der Waals surface area contributed by atoms with Crippen molar-refractivity contribution >= 4 is 5.91 Å². The van der Waals surface area contributed by atoms with Crippen molar-refractivity contribution in [1.82, 2.24) is 20.4 Å². The molecular weight excluding hydrogens is 312 g/mol. The average Bonchev–Trinajstić information content (AvgIpc) is 3.34. The monoisotopic (exact) mass is 344 g/mol. The molecule has 1 saturated heterocycles. The summed E-state index contributed by atoms with van der Waals surface area (Å²) in [6, 6.07) is 1.96. The van der Waals surface area contributed by atoms with E-state index in [0.29, 0.717) is 11.6 Å². The molecule has 5 nitrogen and oxygen atoms in total. The summed E-state index contributed by atoms with van der Waals surface area (Å²) in [5.41, 5.74) is 1.64. The Morgan fingerprint density at radius 2 is 1.96 bits per heavy atom. The predicted octanol–water partition coefficient (Wildman–Crippen LogP) is 3.45. The molecule has 2 N–H and O–H groups in total. The molecule has 0 bridgehead atoms. The number of aromatic nitrogens is 2. The van der Waals surface area contributed by atoms with E-state index in [9.17, 15) is 4.79 Å². The van der Waals surface area contributed by atoms with E-state index in [1.165, 1.54) is 58.0 Å². The van der Waals surface area contributed by atoms with Gasteiger partial charge in [-0.3, -0.25) is 9.89 Å². The Morgan fingerprint density at radius 1 is 1.24 bits per heavy atom. The predicted molar refractivity (Wildman–Crippen MR) is 98.7 cm³/mol. The molecule has 1 aliphatic heterocycles. The number of carbonyl (C=O) groups is 1. The van der Waals surface area contributed by atoms with Crippen LogP contribution in [-0.4, -0.2) is 46.2 Å². The lowest BCUT2D eigenvalue weighted by Crippen LogP contribution is -2.57. The van der Waals surface area contributed by atoms with Gasteiger partial charge in [0.05, 0.1) is 5.54 Å². The van der Waals surface area contributed by atoms with E-state index >= 15 is 0 Å². The zero-order valence-electron chi connectivity index (χ0n) is 15.5. The summed E-state index contributed by atoms with van der Waals surface area (Å²) in [6.07, 6.45) is 11.0. The fourth-order valence-electron chi connectivity index (χ4n) is 4.56. The van der Waals surface area contributed by atoms with Crippen molar-refractivity contribution in [2.24, 2.45) is 5.92 Å². The van der Waals surface area contributed by atoms with Gasteiger partial charge < -0.3 is 10.2 Å². The molecule has 1 amide bonds. The Bertz CT molecular complexity index is 593. The molecule has 0 unspecified atom stereocenters. The maximum Gasteiger partial charge on any atom is 0.272 e. The van der Waals surface area contributed by atoms with E-state index < -0.39 is 0 Å². The lowest BCUT2D eigenvalue weighted by molar-refractivity contribution is 0.0755. The van der Waals surface area contributed by atoms with Crippen molar-refractivity contribution in [2.75, 3.05) is 19.6 Å². The van der Waals surface area contributed by atoms with Crippen molar-refractivity contribution in [3.63, 3.8) is 0 Å². The lowest BCUT2D eigenvalue weighted by atomic mass is 9.80. The lowest BCUT2D eigenvalue weighted by Gasteiger charge is -2.43. The first-order chi connectivity index (χ1) is 12.1. The van der Waals surface area contributed by atoms with Gasteiger partial charge in [0.15, 0.2) is 0 Å². The van der Waals surface area contributed by atoms with Crippen LogP contribution in [0.25, 0.3) is 0 Å². The second kappa shape index (κ2) is 7.10. The van der Waals surface area contributed by atoms with Gasteiger partial charge in [-0.1, -0.05) is 26.2 Å². The zero-order chi connectivity index (χ0) is 17.3. The standard InChI is InChI=1S/C20H32N4O/c1-15-7-11-24(12-8-15)14-20(9-3-2-4-10-20)21-19(25)18-13-17(22-23-18)16-5-6-16/h13,15-16H,2-12,14H2,1H3,(H,21,25)(H,22,23). The van der Waals surface area contributed by atoms with Gasteiger partial charge in [-0.15, -0.1) is 0 Å². The molecule has 25 heavy (non-hydrogen) atoms.